The van der Waals surface area contributed by atoms with Crippen molar-refractivity contribution in [1.29, 1.82) is 0 Å². The molecule has 0 unspecified atom stereocenters. The van der Waals surface area contributed by atoms with Crippen molar-refractivity contribution in [3.05, 3.63) is 24.3 Å². The second-order valence-corrected chi connectivity index (χ2v) is 5.26. The molecule has 2 aliphatic rings. The lowest BCUT2D eigenvalue weighted by Crippen LogP contribution is -2.41. The van der Waals surface area contributed by atoms with Gasteiger partial charge in [-0.25, -0.2) is 4.79 Å². The third-order valence-corrected chi connectivity index (χ3v) is 3.76. The van der Waals surface area contributed by atoms with E-state index >= 15 is 0 Å². The summed E-state index contributed by atoms with van der Waals surface area (Å²) in [6, 6.07) is 7.13. The first-order valence-electron chi connectivity index (χ1n) is 7.32. The number of cyclic esters (lactones) is 1. The second-order valence-electron chi connectivity index (χ2n) is 5.26. The van der Waals surface area contributed by atoms with Crippen LogP contribution in [0.5, 0.6) is 0 Å². The van der Waals surface area contributed by atoms with Gasteiger partial charge in [-0.1, -0.05) is 0 Å². The monoisotopic (exact) mass is 319 g/mol. The van der Waals surface area contributed by atoms with Crippen LogP contribution in [0.1, 0.15) is 0 Å². The highest BCUT2D eigenvalue weighted by molar-refractivity contribution is 5.95. The number of morpholine rings is 1. The summed E-state index contributed by atoms with van der Waals surface area (Å²) in [5.41, 5.74) is 1.46. The van der Waals surface area contributed by atoms with Gasteiger partial charge in [0.15, 0.2) is 0 Å². The van der Waals surface area contributed by atoms with Gasteiger partial charge in [0.2, 0.25) is 6.41 Å². The zero-order valence-corrected chi connectivity index (χ0v) is 12.4. The molecule has 1 atom stereocenters. The molecule has 0 aliphatic carbocycles. The standard InChI is InChI=1S/C15H17N3O5/c19-10-16-7-13-8-18(15(21)23-13)12-3-1-11(2-4-12)17-5-6-22-9-14(17)20/h1-4,10,13H,5-9H2,(H,16,19)/t13-/m0/s1. The lowest BCUT2D eigenvalue weighted by atomic mass is 10.2. The van der Waals surface area contributed by atoms with E-state index in [1.165, 1.54) is 4.90 Å². The Bertz CT molecular complexity index is 604. The van der Waals surface area contributed by atoms with Crippen LogP contribution in [0, 0.1) is 0 Å². The van der Waals surface area contributed by atoms with E-state index in [1.54, 1.807) is 29.2 Å². The molecule has 122 valence electrons. The zero-order valence-electron chi connectivity index (χ0n) is 12.4. The first-order valence-corrected chi connectivity index (χ1v) is 7.32. The van der Waals surface area contributed by atoms with Gasteiger partial charge in [-0.3, -0.25) is 14.5 Å². The predicted molar refractivity (Wildman–Crippen MR) is 81.3 cm³/mol. The van der Waals surface area contributed by atoms with Crippen molar-refractivity contribution in [3.8, 4) is 0 Å². The first-order chi connectivity index (χ1) is 11.2. The van der Waals surface area contributed by atoms with Crippen LogP contribution in [0.25, 0.3) is 0 Å². The average Bonchev–Trinajstić information content (AvgIpc) is 2.94. The molecule has 2 aliphatic heterocycles. The van der Waals surface area contributed by atoms with E-state index in [-0.39, 0.29) is 25.2 Å². The van der Waals surface area contributed by atoms with Gasteiger partial charge >= 0.3 is 6.09 Å². The van der Waals surface area contributed by atoms with Crippen LogP contribution < -0.4 is 15.1 Å². The first kappa shape index (κ1) is 15.3. The lowest BCUT2D eigenvalue weighted by molar-refractivity contribution is -0.125. The molecule has 3 rings (SSSR count). The summed E-state index contributed by atoms with van der Waals surface area (Å²) < 4.78 is 10.3. The minimum Gasteiger partial charge on any atom is -0.442 e. The molecular weight excluding hydrogens is 302 g/mol. The average molecular weight is 319 g/mol. The second kappa shape index (κ2) is 6.66. The van der Waals surface area contributed by atoms with Crippen molar-refractivity contribution in [3.63, 3.8) is 0 Å². The summed E-state index contributed by atoms with van der Waals surface area (Å²) in [6.07, 6.45) is -0.240. The highest BCUT2D eigenvalue weighted by Crippen LogP contribution is 2.25. The Morgan fingerprint density at radius 3 is 2.52 bits per heavy atom. The van der Waals surface area contributed by atoms with Crippen molar-refractivity contribution in [2.45, 2.75) is 6.10 Å². The minimum atomic E-state index is -0.446. The number of carbonyl (C=O) groups is 3. The van der Waals surface area contributed by atoms with E-state index < -0.39 is 6.09 Å². The molecule has 2 fully saturated rings. The molecule has 0 radical (unpaired) electrons. The van der Waals surface area contributed by atoms with Gasteiger partial charge in [-0.2, -0.15) is 0 Å². The van der Waals surface area contributed by atoms with Gasteiger partial charge in [0.05, 0.1) is 19.7 Å². The molecule has 2 heterocycles. The molecule has 23 heavy (non-hydrogen) atoms. The van der Waals surface area contributed by atoms with Gasteiger partial charge in [0.1, 0.15) is 12.7 Å². The third-order valence-electron chi connectivity index (χ3n) is 3.76. The smallest absolute Gasteiger partial charge is 0.414 e. The Hall–Kier alpha value is -2.61. The summed E-state index contributed by atoms with van der Waals surface area (Å²) in [4.78, 5) is 37.2. The topological polar surface area (TPSA) is 88.2 Å². The predicted octanol–water partition coefficient (Wildman–Crippen LogP) is 0.121. The Morgan fingerprint density at radius 1 is 1.17 bits per heavy atom. The fourth-order valence-electron chi connectivity index (χ4n) is 2.62. The third kappa shape index (κ3) is 3.26. The highest BCUT2D eigenvalue weighted by atomic mass is 16.6. The highest BCUT2D eigenvalue weighted by Gasteiger charge is 2.32. The Morgan fingerprint density at radius 2 is 1.87 bits per heavy atom. The van der Waals surface area contributed by atoms with Crippen LogP contribution >= 0.6 is 0 Å². The van der Waals surface area contributed by atoms with Crippen LogP contribution in [-0.2, 0) is 19.1 Å². The molecule has 0 saturated carbocycles. The summed E-state index contributed by atoms with van der Waals surface area (Å²) in [5.74, 6) is -0.0791. The van der Waals surface area contributed by atoms with Gasteiger partial charge in [-0.15, -0.1) is 0 Å². The maximum atomic E-state index is 11.9. The van der Waals surface area contributed by atoms with Gasteiger partial charge in [0, 0.05) is 17.9 Å². The number of nitrogens with one attached hydrogen (secondary N) is 1. The number of rotatable bonds is 5. The number of nitrogens with zero attached hydrogens (tertiary/aromatic N) is 2. The van der Waals surface area contributed by atoms with Crippen molar-refractivity contribution in [1.82, 2.24) is 5.32 Å². The van der Waals surface area contributed by atoms with Crippen LogP contribution in [0.3, 0.4) is 0 Å². The molecule has 2 saturated heterocycles. The molecule has 3 amide bonds. The largest absolute Gasteiger partial charge is 0.442 e. The number of amides is 3. The maximum absolute atomic E-state index is 11.9. The van der Waals surface area contributed by atoms with E-state index in [2.05, 4.69) is 5.32 Å². The van der Waals surface area contributed by atoms with E-state index in [9.17, 15) is 14.4 Å². The summed E-state index contributed by atoms with van der Waals surface area (Å²) >= 11 is 0. The van der Waals surface area contributed by atoms with E-state index in [0.717, 1.165) is 5.69 Å². The minimum absolute atomic E-state index is 0.0791. The lowest BCUT2D eigenvalue weighted by Gasteiger charge is -2.27. The van der Waals surface area contributed by atoms with Crippen LogP contribution in [0.2, 0.25) is 0 Å². The molecule has 8 heteroatoms. The molecule has 0 bridgehead atoms. The number of carbonyl (C=O) groups excluding carboxylic acids is 3. The SMILES string of the molecule is O=CNC[C@H]1CN(c2ccc(N3CCOCC3=O)cc2)C(=O)O1. The molecule has 0 aromatic heterocycles. The number of hydrogen-bond donors (Lipinski definition) is 1. The Kier molecular flexibility index (Phi) is 4.42. The number of benzene rings is 1. The van der Waals surface area contributed by atoms with E-state index in [0.29, 0.717) is 31.8 Å². The normalized spacial score (nSPS) is 21.3. The van der Waals surface area contributed by atoms with Crippen molar-refractivity contribution in [2.75, 3.05) is 42.6 Å². The Labute approximate surface area is 132 Å². The molecule has 8 nitrogen and oxygen atoms in total. The van der Waals surface area contributed by atoms with Gasteiger partial charge in [0.25, 0.3) is 5.91 Å². The van der Waals surface area contributed by atoms with Gasteiger partial charge in [-0.05, 0) is 24.3 Å². The fourth-order valence-corrected chi connectivity index (χ4v) is 2.62. The summed E-state index contributed by atoms with van der Waals surface area (Å²) in [6.45, 7) is 1.77. The Balaban J connectivity index is 1.68. The zero-order chi connectivity index (χ0) is 16.2. The maximum Gasteiger partial charge on any atom is 0.414 e. The molecule has 1 N–H and O–H groups in total. The van der Waals surface area contributed by atoms with E-state index in [1.807, 2.05) is 0 Å². The number of anilines is 2. The van der Waals surface area contributed by atoms with Crippen molar-refractivity contribution in [2.24, 2.45) is 0 Å². The molecule has 1 aromatic carbocycles. The quantitative estimate of drug-likeness (QED) is 0.779. The van der Waals surface area contributed by atoms with Crippen LogP contribution in [0.15, 0.2) is 24.3 Å². The van der Waals surface area contributed by atoms with Crippen LogP contribution in [-0.4, -0.2) is 57.4 Å². The summed E-state index contributed by atoms with van der Waals surface area (Å²) in [7, 11) is 0. The number of hydrogen-bond acceptors (Lipinski definition) is 5. The molecule has 0 spiro atoms. The van der Waals surface area contributed by atoms with Gasteiger partial charge < -0.3 is 19.7 Å². The van der Waals surface area contributed by atoms with Crippen LogP contribution in [0.4, 0.5) is 16.2 Å². The molecule has 1 aromatic rings. The van der Waals surface area contributed by atoms with Crippen molar-refractivity contribution < 1.29 is 23.9 Å². The van der Waals surface area contributed by atoms with E-state index in [4.69, 9.17) is 9.47 Å². The molecular formula is C15H17N3O5. The number of ether oxygens (including phenoxy) is 2. The summed E-state index contributed by atoms with van der Waals surface area (Å²) in [5, 5.41) is 2.50. The fraction of sp³-hybridized carbons (Fsp3) is 0.400. The van der Waals surface area contributed by atoms with Crippen molar-refractivity contribution >= 4 is 29.8 Å².